The molecule has 0 unspecified atom stereocenters. The molecular weight excluding hydrogens is 375 g/mol. The van der Waals surface area contributed by atoms with Crippen molar-refractivity contribution in [1.29, 1.82) is 0 Å². The Morgan fingerprint density at radius 3 is 2.68 bits per heavy atom. The van der Waals surface area contributed by atoms with Gasteiger partial charge in [0.05, 0.1) is 24.7 Å². The number of nitrogens with one attached hydrogen (secondary N) is 2. The minimum Gasteiger partial charge on any atom is -0.370 e. The lowest BCUT2D eigenvalue weighted by Gasteiger charge is -2.29. The highest BCUT2D eigenvalue weighted by atomic mass is 19.4. The lowest BCUT2D eigenvalue weighted by atomic mass is 9.73. The predicted octanol–water partition coefficient (Wildman–Crippen LogP) is 1.70. The van der Waals surface area contributed by atoms with Crippen molar-refractivity contribution in [2.75, 3.05) is 32.7 Å². The first-order valence-corrected chi connectivity index (χ1v) is 10.1. The number of nitrogens with zero attached hydrogens (tertiary/aromatic N) is 1. The van der Waals surface area contributed by atoms with Crippen LogP contribution in [0.1, 0.15) is 39.5 Å². The van der Waals surface area contributed by atoms with Crippen molar-refractivity contribution in [3.05, 3.63) is 0 Å². The Balaban J connectivity index is 1.49. The topological polar surface area (TPSA) is 70.7 Å². The zero-order valence-corrected chi connectivity index (χ0v) is 16.5. The van der Waals surface area contributed by atoms with Gasteiger partial charge in [0.2, 0.25) is 11.8 Å². The molecule has 3 aliphatic rings. The van der Waals surface area contributed by atoms with Gasteiger partial charge in [-0.05, 0) is 18.8 Å². The van der Waals surface area contributed by atoms with Crippen LogP contribution >= 0.6 is 0 Å². The fourth-order valence-corrected chi connectivity index (χ4v) is 4.83. The Hall–Kier alpha value is -1.35. The van der Waals surface area contributed by atoms with Crippen LogP contribution in [0.15, 0.2) is 0 Å². The summed E-state index contributed by atoms with van der Waals surface area (Å²) in [6.45, 7) is 6.80. The molecule has 2 bridgehead atoms. The summed E-state index contributed by atoms with van der Waals surface area (Å²) in [7, 11) is 0. The third kappa shape index (κ3) is 4.97. The second kappa shape index (κ2) is 8.18. The van der Waals surface area contributed by atoms with Crippen molar-refractivity contribution in [2.45, 2.75) is 57.4 Å². The summed E-state index contributed by atoms with van der Waals surface area (Å²) in [5.41, 5.74) is -0.273. The average Bonchev–Trinajstić information content (AvgIpc) is 3.23. The van der Waals surface area contributed by atoms with Crippen LogP contribution in [0.25, 0.3) is 0 Å². The van der Waals surface area contributed by atoms with E-state index in [0.717, 1.165) is 12.8 Å². The molecule has 0 aliphatic carbocycles. The minimum atomic E-state index is -4.32. The number of hydrogen-bond donors (Lipinski definition) is 2. The number of rotatable bonds is 8. The quantitative estimate of drug-likeness (QED) is 0.645. The fourth-order valence-electron chi connectivity index (χ4n) is 4.83. The van der Waals surface area contributed by atoms with Gasteiger partial charge in [0.1, 0.15) is 0 Å². The molecule has 160 valence electrons. The van der Waals surface area contributed by atoms with E-state index in [-0.39, 0.29) is 29.4 Å². The highest BCUT2D eigenvalue weighted by Crippen LogP contribution is 2.54. The van der Waals surface area contributed by atoms with E-state index in [0.29, 0.717) is 38.6 Å². The number of alkyl halides is 3. The molecule has 9 heteroatoms. The first kappa shape index (κ1) is 21.4. The first-order chi connectivity index (χ1) is 13.1. The molecule has 1 spiro atoms. The number of likely N-dealkylation sites (tertiary alicyclic amines) is 1. The molecule has 0 aromatic carbocycles. The summed E-state index contributed by atoms with van der Waals surface area (Å²) < 4.78 is 43.0. The summed E-state index contributed by atoms with van der Waals surface area (Å²) >= 11 is 0. The van der Waals surface area contributed by atoms with Gasteiger partial charge in [-0.1, -0.05) is 13.8 Å². The van der Waals surface area contributed by atoms with Gasteiger partial charge in [0.15, 0.2) is 0 Å². The highest BCUT2D eigenvalue weighted by Gasteiger charge is 2.62. The lowest BCUT2D eigenvalue weighted by Crippen LogP contribution is -2.42. The number of ether oxygens (including phenoxy) is 1. The fraction of sp³-hybridized carbons (Fsp3) is 0.895. The lowest BCUT2D eigenvalue weighted by molar-refractivity contribution is -0.144. The normalized spacial score (nSPS) is 32.0. The van der Waals surface area contributed by atoms with E-state index in [1.807, 2.05) is 13.8 Å². The molecular formula is C19H30F3N3O3. The van der Waals surface area contributed by atoms with Gasteiger partial charge < -0.3 is 15.4 Å². The molecule has 6 nitrogen and oxygen atoms in total. The Bertz CT molecular complexity index is 599. The average molecular weight is 405 g/mol. The zero-order chi connectivity index (χ0) is 20.5. The number of halogens is 3. The largest absolute Gasteiger partial charge is 0.389 e. The smallest absolute Gasteiger partial charge is 0.370 e. The Kier molecular flexibility index (Phi) is 6.24. The van der Waals surface area contributed by atoms with E-state index in [2.05, 4.69) is 15.5 Å². The van der Waals surface area contributed by atoms with Crippen LogP contribution in [0.2, 0.25) is 0 Å². The second-order valence-electron chi connectivity index (χ2n) is 8.82. The summed E-state index contributed by atoms with van der Waals surface area (Å²) in [6.07, 6.45) is -4.09. The highest BCUT2D eigenvalue weighted by molar-refractivity contribution is 5.78. The van der Waals surface area contributed by atoms with Crippen molar-refractivity contribution in [2.24, 2.45) is 17.8 Å². The van der Waals surface area contributed by atoms with Gasteiger partial charge >= 0.3 is 6.18 Å². The van der Waals surface area contributed by atoms with Crippen molar-refractivity contribution < 1.29 is 27.5 Å². The maximum Gasteiger partial charge on any atom is 0.389 e. The molecule has 3 rings (SSSR count). The number of fused-ring (bicyclic) bond motifs is 1. The van der Waals surface area contributed by atoms with E-state index >= 15 is 0 Å². The van der Waals surface area contributed by atoms with Crippen molar-refractivity contribution in [1.82, 2.24) is 15.5 Å². The van der Waals surface area contributed by atoms with E-state index in [4.69, 9.17) is 4.74 Å². The van der Waals surface area contributed by atoms with Crippen LogP contribution < -0.4 is 10.6 Å². The molecule has 3 fully saturated rings. The molecule has 2 N–H and O–H groups in total. The van der Waals surface area contributed by atoms with Gasteiger partial charge in [0.25, 0.3) is 0 Å². The van der Waals surface area contributed by atoms with Crippen molar-refractivity contribution in [3.8, 4) is 0 Å². The molecule has 3 heterocycles. The van der Waals surface area contributed by atoms with Crippen LogP contribution in [0.5, 0.6) is 0 Å². The molecule has 28 heavy (non-hydrogen) atoms. The van der Waals surface area contributed by atoms with Gasteiger partial charge in [0, 0.05) is 44.4 Å². The van der Waals surface area contributed by atoms with E-state index in [1.165, 1.54) is 0 Å². The number of carbonyl (C=O) groups excluding carboxylic acids is 2. The monoisotopic (exact) mass is 405 g/mol. The Labute approximate surface area is 163 Å². The Morgan fingerprint density at radius 2 is 2.00 bits per heavy atom. The SMILES string of the molecule is CC(C)CNC(=O)CN1C[C@@H]2[C@H](CNC(=O)CCC(F)(F)F)[C@H]3CC[C@]2(C1)O3. The molecule has 0 aromatic heterocycles. The molecule has 0 radical (unpaired) electrons. The number of hydrogen-bond acceptors (Lipinski definition) is 4. The molecule has 3 saturated heterocycles. The van der Waals surface area contributed by atoms with E-state index in [9.17, 15) is 22.8 Å². The van der Waals surface area contributed by atoms with Crippen LogP contribution in [0.3, 0.4) is 0 Å². The molecule has 0 saturated carbocycles. The third-order valence-electron chi connectivity index (χ3n) is 6.10. The molecule has 4 atom stereocenters. The summed E-state index contributed by atoms with van der Waals surface area (Å²) in [4.78, 5) is 26.0. The maximum absolute atomic E-state index is 12.3. The van der Waals surface area contributed by atoms with Crippen molar-refractivity contribution >= 4 is 11.8 Å². The Morgan fingerprint density at radius 1 is 1.25 bits per heavy atom. The van der Waals surface area contributed by atoms with Crippen LogP contribution in [-0.2, 0) is 14.3 Å². The predicted molar refractivity (Wildman–Crippen MR) is 96.4 cm³/mol. The maximum atomic E-state index is 12.3. The van der Waals surface area contributed by atoms with E-state index < -0.39 is 24.9 Å². The van der Waals surface area contributed by atoms with Gasteiger partial charge in [-0.25, -0.2) is 0 Å². The van der Waals surface area contributed by atoms with E-state index in [1.54, 1.807) is 0 Å². The second-order valence-corrected chi connectivity index (χ2v) is 8.82. The van der Waals surface area contributed by atoms with Gasteiger partial charge in [-0.2, -0.15) is 13.2 Å². The van der Waals surface area contributed by atoms with Gasteiger partial charge in [-0.15, -0.1) is 0 Å². The molecule has 0 aromatic rings. The van der Waals surface area contributed by atoms with Crippen LogP contribution in [0.4, 0.5) is 13.2 Å². The van der Waals surface area contributed by atoms with Crippen LogP contribution in [-0.4, -0.2) is 67.3 Å². The third-order valence-corrected chi connectivity index (χ3v) is 6.10. The van der Waals surface area contributed by atoms with Crippen molar-refractivity contribution in [3.63, 3.8) is 0 Å². The number of carbonyl (C=O) groups is 2. The summed E-state index contributed by atoms with van der Waals surface area (Å²) in [5, 5.41) is 5.59. The molecule has 3 aliphatic heterocycles. The summed E-state index contributed by atoms with van der Waals surface area (Å²) in [5.74, 6) is 0.109. The first-order valence-electron chi connectivity index (χ1n) is 10.1. The minimum absolute atomic E-state index is 0.00313. The number of amides is 2. The summed E-state index contributed by atoms with van der Waals surface area (Å²) in [6, 6.07) is 0. The van der Waals surface area contributed by atoms with Gasteiger partial charge in [-0.3, -0.25) is 14.5 Å². The van der Waals surface area contributed by atoms with Crippen LogP contribution in [0, 0.1) is 17.8 Å². The molecule has 2 amide bonds. The zero-order valence-electron chi connectivity index (χ0n) is 16.5. The standard InChI is InChI=1S/C19H30F3N3O3/c1-12(2)7-23-17(27)10-25-9-14-13(15-3-5-18(14,11-25)28-15)8-24-16(26)4-6-19(20,21)22/h12-15H,3-11H2,1-2H3,(H,23,27)(H,24,26)/t13-,14+,15+,18+/m0/s1.